The summed E-state index contributed by atoms with van der Waals surface area (Å²) in [5, 5.41) is 2.53. The monoisotopic (exact) mass is 452 g/mol. The minimum Gasteiger partial charge on any atom is -0.391 e. The van der Waals surface area contributed by atoms with Gasteiger partial charge in [0, 0.05) is 23.7 Å². The Morgan fingerprint density at radius 1 is 1.18 bits per heavy atom. The molecule has 3 N–H and O–H groups in total. The number of benzene rings is 2. The molecule has 170 valence electrons. The van der Waals surface area contributed by atoms with Crippen LogP contribution in [0.3, 0.4) is 0 Å². The van der Waals surface area contributed by atoms with E-state index in [0.29, 0.717) is 6.42 Å². The Morgan fingerprint density at radius 2 is 1.97 bits per heavy atom. The molecule has 1 aromatic heterocycles. The van der Waals surface area contributed by atoms with Gasteiger partial charge in [0.2, 0.25) is 5.88 Å². The number of amidine groups is 1. The number of hydrogen-bond donors (Lipinski definition) is 2. The van der Waals surface area contributed by atoms with Crippen LogP contribution in [-0.4, -0.2) is 23.5 Å². The minimum atomic E-state index is -1.05. The van der Waals surface area contributed by atoms with Crippen LogP contribution in [0.5, 0.6) is 5.88 Å². The lowest BCUT2D eigenvalue weighted by atomic mass is 9.84. The number of ether oxygens (including phenoxy) is 2. The number of hydrogen-bond acceptors (Lipinski definition) is 6. The summed E-state index contributed by atoms with van der Waals surface area (Å²) >= 11 is 0. The van der Waals surface area contributed by atoms with E-state index in [-0.39, 0.29) is 35.7 Å². The molecule has 3 aromatic rings. The van der Waals surface area contributed by atoms with Gasteiger partial charge in [0.15, 0.2) is 0 Å². The van der Waals surface area contributed by atoms with E-state index >= 15 is 0 Å². The molecule has 33 heavy (non-hydrogen) atoms. The lowest BCUT2D eigenvalue weighted by molar-refractivity contribution is 0.0647. The number of rotatable bonds is 4. The Morgan fingerprint density at radius 3 is 2.70 bits per heavy atom. The van der Waals surface area contributed by atoms with Gasteiger partial charge in [-0.15, -0.1) is 0 Å². The average Bonchev–Trinajstić information content (AvgIpc) is 2.95. The summed E-state index contributed by atoms with van der Waals surface area (Å²) in [4.78, 5) is 20.5. The second-order valence-corrected chi connectivity index (χ2v) is 7.82. The maximum atomic E-state index is 15.0. The van der Waals surface area contributed by atoms with E-state index in [1.54, 1.807) is 6.92 Å². The zero-order chi connectivity index (χ0) is 23.4. The molecule has 0 unspecified atom stereocenters. The van der Waals surface area contributed by atoms with Gasteiger partial charge in [-0.05, 0) is 36.8 Å². The van der Waals surface area contributed by atoms with Crippen molar-refractivity contribution >= 4 is 17.6 Å². The lowest BCUT2D eigenvalue weighted by Gasteiger charge is -2.29. The summed E-state index contributed by atoms with van der Waals surface area (Å²) in [6, 6.07) is 16.0. The van der Waals surface area contributed by atoms with Gasteiger partial charge in [-0.2, -0.15) is 0 Å². The summed E-state index contributed by atoms with van der Waals surface area (Å²) in [5.74, 6) is -0.884. The minimum absolute atomic E-state index is 0.0767. The van der Waals surface area contributed by atoms with Crippen LogP contribution in [0.25, 0.3) is 0 Å². The van der Waals surface area contributed by atoms with E-state index in [1.807, 2.05) is 30.3 Å². The number of halogens is 2. The summed E-state index contributed by atoms with van der Waals surface area (Å²) in [7, 11) is 0. The fourth-order valence-electron chi connectivity index (χ4n) is 3.73. The highest BCUT2D eigenvalue weighted by Crippen LogP contribution is 2.40. The van der Waals surface area contributed by atoms with Gasteiger partial charge in [-0.3, -0.25) is 10.3 Å². The van der Waals surface area contributed by atoms with E-state index < -0.39 is 23.3 Å². The molecule has 0 fully saturated rings. The predicted octanol–water partition coefficient (Wildman–Crippen LogP) is 4.70. The smallest absolute Gasteiger partial charge is 0.391 e. The molecule has 0 spiro atoms. The molecule has 0 bridgehead atoms. The number of nitrogens with zero attached hydrogens (tertiary/aromatic N) is 2. The molecule has 4 rings (SSSR count). The maximum absolute atomic E-state index is 15.0. The molecule has 0 saturated carbocycles. The Kier molecular flexibility index (Phi) is 6.32. The van der Waals surface area contributed by atoms with Crippen LogP contribution in [0, 0.1) is 11.6 Å². The van der Waals surface area contributed by atoms with Crippen molar-refractivity contribution in [3.63, 3.8) is 0 Å². The molecule has 0 saturated heterocycles. The number of anilines is 1. The lowest BCUT2D eigenvalue weighted by Crippen LogP contribution is -2.26. The first kappa shape index (κ1) is 22.3. The van der Waals surface area contributed by atoms with E-state index in [4.69, 9.17) is 15.2 Å². The number of nitrogens with one attached hydrogen (secondary N) is 1. The first-order valence-corrected chi connectivity index (χ1v) is 10.2. The van der Waals surface area contributed by atoms with Crippen LogP contribution in [0.15, 0.2) is 71.9 Å². The Hall–Kier alpha value is -3.85. The molecule has 9 heteroatoms. The zero-order valence-corrected chi connectivity index (χ0v) is 17.8. The third-order valence-corrected chi connectivity index (χ3v) is 5.27. The van der Waals surface area contributed by atoms with Gasteiger partial charge in [0.1, 0.15) is 24.1 Å². The van der Waals surface area contributed by atoms with Crippen molar-refractivity contribution in [3.05, 3.63) is 89.6 Å². The van der Waals surface area contributed by atoms with Crippen molar-refractivity contribution in [2.45, 2.75) is 25.0 Å². The number of carbonyl (C=O) groups is 1. The highest BCUT2D eigenvalue weighted by atomic mass is 19.1. The summed E-state index contributed by atoms with van der Waals surface area (Å²) in [6.07, 6.45) is 0.0546. The molecule has 1 amide bonds. The van der Waals surface area contributed by atoms with Crippen LogP contribution in [0.4, 0.5) is 19.3 Å². The largest absolute Gasteiger partial charge is 0.418 e. The van der Waals surface area contributed by atoms with Gasteiger partial charge in [0.25, 0.3) is 0 Å². The standard InChI is InChI=1S/C24H22F2N4O3/c1-24(12-20(32-14-21(27)30-24)15-5-3-2-4-6-15)18-11-17(8-9-19(18)26)29-23(31)33-22-10-7-16(25)13-28-22/h2-11,13,20H,12,14H2,1H3,(H2,27,30)(H,29,31)/t20-,24-/m0/s1. The average molecular weight is 452 g/mol. The molecular formula is C24H22F2N4O3. The van der Waals surface area contributed by atoms with Crippen LogP contribution in [0.1, 0.15) is 30.6 Å². The third-order valence-electron chi connectivity index (χ3n) is 5.27. The third kappa shape index (κ3) is 5.32. The van der Waals surface area contributed by atoms with Crippen molar-refractivity contribution in [3.8, 4) is 5.88 Å². The highest BCUT2D eigenvalue weighted by Gasteiger charge is 2.36. The SMILES string of the molecule is C[C@@]1(c2cc(NC(=O)Oc3ccc(F)cn3)ccc2F)C[C@@H](c2ccccc2)OCC(N)=N1. The number of pyridine rings is 1. The molecule has 2 aromatic carbocycles. The molecule has 1 aliphatic heterocycles. The Bertz CT molecular complexity index is 1170. The fraction of sp³-hybridized carbons (Fsp3) is 0.208. The number of amides is 1. The van der Waals surface area contributed by atoms with Crippen LogP contribution >= 0.6 is 0 Å². The van der Waals surface area contributed by atoms with Crippen LogP contribution in [-0.2, 0) is 10.3 Å². The molecular weight excluding hydrogens is 430 g/mol. The molecule has 2 atom stereocenters. The van der Waals surface area contributed by atoms with Gasteiger partial charge < -0.3 is 15.2 Å². The first-order valence-electron chi connectivity index (χ1n) is 10.2. The van der Waals surface area contributed by atoms with E-state index in [0.717, 1.165) is 17.8 Å². The quantitative estimate of drug-likeness (QED) is 0.598. The number of aliphatic imine (C=N–C) groups is 1. The van der Waals surface area contributed by atoms with Crippen molar-refractivity contribution < 1.29 is 23.0 Å². The summed E-state index contributed by atoms with van der Waals surface area (Å²) < 4.78 is 38.9. The van der Waals surface area contributed by atoms with Crippen molar-refractivity contribution in [2.75, 3.05) is 11.9 Å². The van der Waals surface area contributed by atoms with Crippen LogP contribution < -0.4 is 15.8 Å². The van der Waals surface area contributed by atoms with Crippen molar-refractivity contribution in [2.24, 2.45) is 10.7 Å². The topological polar surface area (TPSA) is 98.8 Å². The molecule has 1 aliphatic rings. The second-order valence-electron chi connectivity index (χ2n) is 7.82. The molecule has 0 radical (unpaired) electrons. The Balaban J connectivity index is 1.59. The van der Waals surface area contributed by atoms with Crippen molar-refractivity contribution in [1.29, 1.82) is 0 Å². The maximum Gasteiger partial charge on any atom is 0.418 e. The number of aromatic nitrogens is 1. The zero-order valence-electron chi connectivity index (χ0n) is 17.8. The molecule has 0 aliphatic carbocycles. The van der Waals surface area contributed by atoms with Gasteiger partial charge in [0.05, 0.1) is 17.8 Å². The van der Waals surface area contributed by atoms with E-state index in [9.17, 15) is 13.6 Å². The van der Waals surface area contributed by atoms with Gasteiger partial charge >= 0.3 is 6.09 Å². The molecule has 7 nitrogen and oxygen atoms in total. The first-order chi connectivity index (χ1) is 15.8. The summed E-state index contributed by atoms with van der Waals surface area (Å²) in [6.45, 7) is 1.89. The summed E-state index contributed by atoms with van der Waals surface area (Å²) in [5.41, 5.74) is 6.44. The number of carbonyl (C=O) groups excluding carboxylic acids is 1. The number of nitrogens with two attached hydrogens (primary N) is 1. The van der Waals surface area contributed by atoms with E-state index in [1.165, 1.54) is 24.3 Å². The second kappa shape index (κ2) is 9.33. The molecule has 2 heterocycles. The van der Waals surface area contributed by atoms with Gasteiger partial charge in [-0.1, -0.05) is 30.3 Å². The normalized spacial score (nSPS) is 20.5. The highest BCUT2D eigenvalue weighted by molar-refractivity contribution is 5.86. The van der Waals surface area contributed by atoms with Crippen molar-refractivity contribution in [1.82, 2.24) is 4.98 Å². The Labute approximate surface area is 189 Å². The van der Waals surface area contributed by atoms with Gasteiger partial charge in [-0.25, -0.2) is 18.6 Å². The van der Waals surface area contributed by atoms with E-state index in [2.05, 4.69) is 15.3 Å². The predicted molar refractivity (Wildman–Crippen MR) is 119 cm³/mol. The fourth-order valence-corrected chi connectivity index (χ4v) is 3.73. The van der Waals surface area contributed by atoms with Crippen LogP contribution in [0.2, 0.25) is 0 Å².